The van der Waals surface area contributed by atoms with Crippen molar-refractivity contribution in [1.82, 2.24) is 0 Å². The van der Waals surface area contributed by atoms with Gasteiger partial charge in [-0.15, -0.1) is 0 Å². The summed E-state index contributed by atoms with van der Waals surface area (Å²) in [7, 11) is 1.28. The molecule has 0 aliphatic carbocycles. The zero-order valence-electron chi connectivity index (χ0n) is 13.9. The molecule has 0 aromatic heterocycles. The van der Waals surface area contributed by atoms with Crippen molar-refractivity contribution in [3.05, 3.63) is 62.2 Å². The molecule has 0 saturated carbocycles. The van der Waals surface area contributed by atoms with Crippen molar-refractivity contribution in [3.63, 3.8) is 0 Å². The van der Waals surface area contributed by atoms with Crippen molar-refractivity contribution in [2.24, 2.45) is 0 Å². The maximum absolute atomic E-state index is 12.0. The molecule has 10 heteroatoms. The predicted octanol–water partition coefficient (Wildman–Crippen LogP) is 2.84. The fourth-order valence-corrected chi connectivity index (χ4v) is 2.09. The van der Waals surface area contributed by atoms with Crippen LogP contribution in [0.25, 0.3) is 0 Å². The monoisotopic (exact) mass is 361 g/mol. The van der Waals surface area contributed by atoms with Gasteiger partial charge in [0.2, 0.25) is 5.75 Å². The second kappa shape index (κ2) is 7.92. The topological polar surface area (TPSA) is 134 Å². The SMILES string of the molecule is COc1cc(OCC(=O)Nc2cc([N+](=O)[O-])ccc2C)ccc1[N+](=O)[O-]. The van der Waals surface area contributed by atoms with Crippen molar-refractivity contribution in [2.45, 2.75) is 6.92 Å². The van der Waals surface area contributed by atoms with Crippen molar-refractivity contribution >= 4 is 23.0 Å². The van der Waals surface area contributed by atoms with E-state index >= 15 is 0 Å². The summed E-state index contributed by atoms with van der Waals surface area (Å²) in [5.74, 6) is -0.327. The minimum absolute atomic E-state index is 0.00226. The van der Waals surface area contributed by atoms with Gasteiger partial charge in [-0.2, -0.15) is 0 Å². The zero-order valence-corrected chi connectivity index (χ0v) is 13.9. The number of amides is 1. The third-order valence-corrected chi connectivity index (χ3v) is 3.42. The highest BCUT2D eigenvalue weighted by Crippen LogP contribution is 2.30. The molecule has 1 N–H and O–H groups in total. The quantitative estimate of drug-likeness (QED) is 0.592. The first kappa shape index (κ1) is 18.6. The number of rotatable bonds is 7. The Hall–Kier alpha value is -3.69. The van der Waals surface area contributed by atoms with Crippen LogP contribution >= 0.6 is 0 Å². The number of anilines is 1. The number of non-ortho nitro benzene ring substituents is 1. The molecule has 2 aromatic carbocycles. The van der Waals surface area contributed by atoms with Crippen LogP contribution in [0.15, 0.2) is 36.4 Å². The lowest BCUT2D eigenvalue weighted by molar-refractivity contribution is -0.385. The van der Waals surface area contributed by atoms with E-state index in [2.05, 4.69) is 5.32 Å². The van der Waals surface area contributed by atoms with Crippen LogP contribution in [-0.4, -0.2) is 29.5 Å². The maximum Gasteiger partial charge on any atom is 0.311 e. The number of nitro benzene ring substituents is 2. The third-order valence-electron chi connectivity index (χ3n) is 3.42. The molecule has 0 fully saturated rings. The number of aryl methyl sites for hydroxylation is 1. The van der Waals surface area contributed by atoms with Crippen LogP contribution in [-0.2, 0) is 4.79 Å². The fraction of sp³-hybridized carbons (Fsp3) is 0.188. The number of hydrogen-bond acceptors (Lipinski definition) is 7. The molecule has 0 spiro atoms. The number of nitrogens with one attached hydrogen (secondary N) is 1. The highest BCUT2D eigenvalue weighted by atomic mass is 16.6. The Morgan fingerprint density at radius 1 is 1.12 bits per heavy atom. The van der Waals surface area contributed by atoms with E-state index in [9.17, 15) is 25.0 Å². The van der Waals surface area contributed by atoms with Crippen LogP contribution in [0.3, 0.4) is 0 Å². The first-order valence-electron chi connectivity index (χ1n) is 7.32. The normalized spacial score (nSPS) is 10.1. The van der Waals surface area contributed by atoms with Crippen LogP contribution in [0.4, 0.5) is 17.1 Å². The van der Waals surface area contributed by atoms with Gasteiger partial charge >= 0.3 is 5.69 Å². The number of benzene rings is 2. The number of hydrogen-bond donors (Lipinski definition) is 1. The number of nitrogens with zero attached hydrogens (tertiary/aromatic N) is 2. The smallest absolute Gasteiger partial charge is 0.311 e. The van der Waals surface area contributed by atoms with Gasteiger partial charge in [0, 0.05) is 24.3 Å². The Morgan fingerprint density at radius 3 is 2.46 bits per heavy atom. The Labute approximate surface area is 147 Å². The zero-order chi connectivity index (χ0) is 19.3. The minimum Gasteiger partial charge on any atom is -0.490 e. The largest absolute Gasteiger partial charge is 0.490 e. The lowest BCUT2D eigenvalue weighted by Gasteiger charge is -2.10. The van der Waals surface area contributed by atoms with Gasteiger partial charge in [-0.05, 0) is 18.6 Å². The summed E-state index contributed by atoms with van der Waals surface area (Å²) in [5.41, 5.74) is 0.582. The molecule has 1 amide bonds. The molecule has 0 saturated heterocycles. The van der Waals surface area contributed by atoms with Crippen LogP contribution in [0.2, 0.25) is 0 Å². The van der Waals surface area contributed by atoms with E-state index in [1.54, 1.807) is 6.92 Å². The summed E-state index contributed by atoms with van der Waals surface area (Å²) in [6.07, 6.45) is 0. The molecule has 0 atom stereocenters. The Bertz CT molecular complexity index is 867. The molecule has 0 unspecified atom stereocenters. The standard InChI is InChI=1S/C16H15N3O7/c1-10-3-4-11(18(21)22)7-13(10)17-16(20)9-26-12-5-6-14(19(23)24)15(8-12)25-2/h3-8H,9H2,1-2H3,(H,17,20). The molecule has 10 nitrogen and oxygen atoms in total. The van der Waals surface area contributed by atoms with Crippen LogP contribution in [0.5, 0.6) is 11.5 Å². The van der Waals surface area contributed by atoms with Gasteiger partial charge in [-0.25, -0.2) is 0 Å². The average Bonchev–Trinajstić information content (AvgIpc) is 2.61. The van der Waals surface area contributed by atoms with Gasteiger partial charge in [-0.3, -0.25) is 25.0 Å². The van der Waals surface area contributed by atoms with E-state index in [-0.39, 0.29) is 29.5 Å². The number of carbonyl (C=O) groups excluding carboxylic acids is 1. The van der Waals surface area contributed by atoms with Crippen LogP contribution in [0, 0.1) is 27.2 Å². The lowest BCUT2D eigenvalue weighted by Crippen LogP contribution is -2.20. The summed E-state index contributed by atoms with van der Waals surface area (Å²) in [6.45, 7) is 1.31. The first-order valence-corrected chi connectivity index (χ1v) is 7.32. The minimum atomic E-state index is -0.597. The van der Waals surface area contributed by atoms with Crippen molar-refractivity contribution in [3.8, 4) is 11.5 Å². The van der Waals surface area contributed by atoms with Gasteiger partial charge in [0.15, 0.2) is 6.61 Å². The molecule has 0 aliphatic heterocycles. The van der Waals surface area contributed by atoms with E-state index < -0.39 is 15.8 Å². The van der Waals surface area contributed by atoms with E-state index in [4.69, 9.17) is 9.47 Å². The van der Waals surface area contributed by atoms with Crippen molar-refractivity contribution < 1.29 is 24.1 Å². The summed E-state index contributed by atoms with van der Waals surface area (Å²) in [6, 6.07) is 7.95. The summed E-state index contributed by atoms with van der Waals surface area (Å²) in [4.78, 5) is 32.5. The summed E-state index contributed by atoms with van der Waals surface area (Å²) >= 11 is 0. The van der Waals surface area contributed by atoms with E-state index in [0.717, 1.165) is 0 Å². The number of methoxy groups -OCH3 is 1. The van der Waals surface area contributed by atoms with Gasteiger partial charge in [0.1, 0.15) is 5.75 Å². The van der Waals surface area contributed by atoms with Gasteiger partial charge in [0.05, 0.1) is 22.6 Å². The molecule has 0 bridgehead atoms. The Morgan fingerprint density at radius 2 is 1.85 bits per heavy atom. The molecule has 2 aromatic rings. The van der Waals surface area contributed by atoms with E-state index in [0.29, 0.717) is 11.3 Å². The summed E-state index contributed by atoms with van der Waals surface area (Å²) < 4.78 is 10.2. The fourth-order valence-electron chi connectivity index (χ4n) is 2.09. The Balaban J connectivity index is 2.04. The van der Waals surface area contributed by atoms with E-state index in [1.807, 2.05) is 0 Å². The number of carbonyl (C=O) groups is 1. The molecule has 136 valence electrons. The van der Waals surface area contributed by atoms with Crippen LogP contribution in [0.1, 0.15) is 5.56 Å². The van der Waals surface area contributed by atoms with Gasteiger partial charge in [0.25, 0.3) is 11.6 Å². The van der Waals surface area contributed by atoms with Gasteiger partial charge in [-0.1, -0.05) is 6.07 Å². The number of nitro groups is 2. The third kappa shape index (κ3) is 4.44. The molecule has 26 heavy (non-hydrogen) atoms. The van der Waals surface area contributed by atoms with Gasteiger partial charge < -0.3 is 14.8 Å². The molecule has 0 radical (unpaired) electrons. The molecule has 0 aliphatic rings. The predicted molar refractivity (Wildman–Crippen MR) is 91.6 cm³/mol. The molecular weight excluding hydrogens is 346 g/mol. The second-order valence-corrected chi connectivity index (χ2v) is 5.18. The highest BCUT2D eigenvalue weighted by molar-refractivity contribution is 5.93. The van der Waals surface area contributed by atoms with Crippen molar-refractivity contribution in [1.29, 1.82) is 0 Å². The number of ether oxygens (including phenoxy) is 2. The lowest BCUT2D eigenvalue weighted by atomic mass is 10.2. The molecule has 0 heterocycles. The highest BCUT2D eigenvalue weighted by Gasteiger charge is 2.16. The molecular formula is C16H15N3O7. The van der Waals surface area contributed by atoms with Crippen molar-refractivity contribution in [2.75, 3.05) is 19.0 Å². The first-order chi connectivity index (χ1) is 12.3. The second-order valence-electron chi connectivity index (χ2n) is 5.18. The Kier molecular flexibility index (Phi) is 5.68. The summed E-state index contributed by atoms with van der Waals surface area (Å²) in [5, 5.41) is 24.2. The molecule has 2 rings (SSSR count). The average molecular weight is 361 g/mol. The van der Waals surface area contributed by atoms with E-state index in [1.165, 1.54) is 43.5 Å². The maximum atomic E-state index is 12.0. The van der Waals surface area contributed by atoms with Crippen LogP contribution < -0.4 is 14.8 Å².